The molecule has 8 nitrogen and oxygen atoms in total. The number of para-hydroxylation sites is 1. The lowest BCUT2D eigenvalue weighted by Gasteiger charge is -2.26. The molecule has 0 N–H and O–H groups in total. The molecule has 44 heavy (non-hydrogen) atoms. The van der Waals surface area contributed by atoms with Crippen LogP contribution in [0.4, 0.5) is 0 Å². The lowest BCUT2D eigenvalue weighted by atomic mass is 9.95. The second kappa shape index (κ2) is 14.1. The van der Waals surface area contributed by atoms with Crippen LogP contribution in [-0.4, -0.2) is 30.4 Å². The molecule has 3 aromatic carbocycles. The van der Waals surface area contributed by atoms with Crippen molar-refractivity contribution in [2.45, 2.75) is 40.3 Å². The van der Waals surface area contributed by atoms with Gasteiger partial charge in [0.25, 0.3) is 5.56 Å². The van der Waals surface area contributed by atoms with Gasteiger partial charge in [-0.25, -0.2) is 9.79 Å². The number of allylic oxidation sites excluding steroid dienone is 1. The summed E-state index contributed by atoms with van der Waals surface area (Å²) in [7, 11) is 0. The van der Waals surface area contributed by atoms with E-state index in [-0.39, 0.29) is 12.2 Å². The third-order valence-electron chi connectivity index (χ3n) is 6.90. The van der Waals surface area contributed by atoms with Crippen LogP contribution in [0.15, 0.2) is 92.3 Å². The molecule has 10 heteroatoms. The summed E-state index contributed by atoms with van der Waals surface area (Å²) < 4.78 is 26.3. The lowest BCUT2D eigenvalue weighted by Crippen LogP contribution is -2.40. The van der Waals surface area contributed by atoms with Crippen molar-refractivity contribution in [1.29, 1.82) is 0 Å². The van der Waals surface area contributed by atoms with Crippen LogP contribution in [0, 0.1) is 0 Å². The quantitative estimate of drug-likeness (QED) is 0.183. The normalized spacial score (nSPS) is 14.6. The summed E-state index contributed by atoms with van der Waals surface area (Å²) in [6.07, 6.45) is 1.81. The average molecular weight is 678 g/mol. The zero-order chi connectivity index (χ0) is 31.2. The molecular weight excluding hydrogens is 644 g/mol. The highest BCUT2D eigenvalue weighted by Crippen LogP contribution is 2.36. The van der Waals surface area contributed by atoms with Crippen LogP contribution in [0.3, 0.4) is 0 Å². The SMILES string of the molecule is CCOC(=O)C1=C(C)N=c2s/c(=C\c3ccc(OCc4ccc(Br)cc4)c(OCC)c3)c(=O)n2[C@@H]1c1ccccc1OCC. The van der Waals surface area contributed by atoms with Crippen molar-refractivity contribution in [2.24, 2.45) is 4.99 Å². The monoisotopic (exact) mass is 676 g/mol. The summed E-state index contributed by atoms with van der Waals surface area (Å²) in [5, 5.41) is 0. The van der Waals surface area contributed by atoms with Gasteiger partial charge in [0.15, 0.2) is 16.3 Å². The molecule has 5 rings (SSSR count). The number of benzene rings is 3. The Balaban J connectivity index is 1.57. The molecule has 1 atom stereocenters. The van der Waals surface area contributed by atoms with E-state index in [1.807, 2.05) is 80.6 Å². The van der Waals surface area contributed by atoms with Gasteiger partial charge >= 0.3 is 5.97 Å². The third kappa shape index (κ3) is 6.66. The number of nitrogens with zero attached hydrogens (tertiary/aromatic N) is 2. The van der Waals surface area contributed by atoms with E-state index in [0.29, 0.717) is 63.2 Å². The van der Waals surface area contributed by atoms with E-state index in [9.17, 15) is 9.59 Å². The van der Waals surface area contributed by atoms with Crippen molar-refractivity contribution in [2.75, 3.05) is 19.8 Å². The molecule has 1 aliphatic heterocycles. The zero-order valence-electron chi connectivity index (χ0n) is 25.0. The second-order valence-electron chi connectivity index (χ2n) is 9.83. The molecule has 228 valence electrons. The largest absolute Gasteiger partial charge is 0.494 e. The van der Waals surface area contributed by atoms with Crippen LogP contribution in [0.5, 0.6) is 17.2 Å². The fourth-order valence-corrected chi connectivity index (χ4v) is 6.29. The summed E-state index contributed by atoms with van der Waals surface area (Å²) in [5.41, 5.74) is 3.02. The topological polar surface area (TPSA) is 88.4 Å². The summed E-state index contributed by atoms with van der Waals surface area (Å²) in [6, 6.07) is 20.2. The van der Waals surface area contributed by atoms with Gasteiger partial charge in [0.05, 0.1) is 35.6 Å². The number of carbonyl (C=O) groups excluding carboxylic acids is 1. The fraction of sp³-hybridized carbons (Fsp3) is 0.265. The van der Waals surface area contributed by atoms with Crippen LogP contribution >= 0.6 is 27.3 Å². The molecule has 0 fully saturated rings. The molecule has 0 saturated carbocycles. The Hall–Kier alpha value is -4.15. The van der Waals surface area contributed by atoms with Gasteiger partial charge in [-0.2, -0.15) is 0 Å². The van der Waals surface area contributed by atoms with E-state index in [4.69, 9.17) is 18.9 Å². The molecule has 2 heterocycles. The van der Waals surface area contributed by atoms with E-state index in [1.165, 1.54) is 11.3 Å². The number of thiazole rings is 1. The molecule has 1 aromatic heterocycles. The Morgan fingerprint density at radius 2 is 1.66 bits per heavy atom. The number of hydrogen-bond donors (Lipinski definition) is 0. The molecule has 0 aliphatic carbocycles. The Morgan fingerprint density at radius 3 is 2.39 bits per heavy atom. The highest BCUT2D eigenvalue weighted by molar-refractivity contribution is 9.10. The van der Waals surface area contributed by atoms with Gasteiger partial charge in [0, 0.05) is 10.0 Å². The van der Waals surface area contributed by atoms with Gasteiger partial charge in [0.2, 0.25) is 0 Å². The number of hydrogen-bond acceptors (Lipinski definition) is 8. The van der Waals surface area contributed by atoms with Gasteiger partial charge in [-0.15, -0.1) is 0 Å². The Bertz CT molecular complexity index is 1880. The maximum atomic E-state index is 14.1. The third-order valence-corrected chi connectivity index (χ3v) is 8.42. The maximum Gasteiger partial charge on any atom is 0.338 e. The molecule has 0 radical (unpaired) electrons. The first-order valence-electron chi connectivity index (χ1n) is 14.4. The number of esters is 1. The van der Waals surface area contributed by atoms with E-state index >= 15 is 0 Å². The molecule has 0 amide bonds. The van der Waals surface area contributed by atoms with Gasteiger partial charge in [0.1, 0.15) is 18.4 Å². The predicted octanol–water partition coefficient (Wildman–Crippen LogP) is 5.94. The van der Waals surface area contributed by atoms with Gasteiger partial charge in [-0.3, -0.25) is 9.36 Å². The summed E-state index contributed by atoms with van der Waals surface area (Å²) in [6.45, 7) is 8.79. The molecule has 1 aliphatic rings. The van der Waals surface area contributed by atoms with Crippen LogP contribution < -0.4 is 29.1 Å². The smallest absolute Gasteiger partial charge is 0.338 e. The molecule has 0 saturated heterocycles. The minimum atomic E-state index is -0.761. The minimum Gasteiger partial charge on any atom is -0.494 e. The Morgan fingerprint density at radius 1 is 0.932 bits per heavy atom. The van der Waals surface area contributed by atoms with Gasteiger partial charge in [-0.1, -0.05) is 63.7 Å². The van der Waals surface area contributed by atoms with E-state index in [0.717, 1.165) is 15.6 Å². The number of fused-ring (bicyclic) bond motifs is 1. The molecule has 0 unspecified atom stereocenters. The minimum absolute atomic E-state index is 0.199. The van der Waals surface area contributed by atoms with Gasteiger partial charge < -0.3 is 18.9 Å². The van der Waals surface area contributed by atoms with Gasteiger partial charge in [-0.05, 0) is 75.2 Å². The first kappa shape index (κ1) is 31.3. The molecule has 0 spiro atoms. The number of ether oxygens (including phenoxy) is 4. The van der Waals surface area contributed by atoms with Crippen molar-refractivity contribution in [1.82, 2.24) is 4.57 Å². The Labute approximate surface area is 268 Å². The summed E-state index contributed by atoms with van der Waals surface area (Å²) in [4.78, 5) is 32.5. The van der Waals surface area contributed by atoms with E-state index in [1.54, 1.807) is 24.5 Å². The lowest BCUT2D eigenvalue weighted by molar-refractivity contribution is -0.139. The zero-order valence-corrected chi connectivity index (χ0v) is 27.4. The first-order valence-corrected chi connectivity index (χ1v) is 16.0. The number of halogens is 1. The number of carbonyl (C=O) groups is 1. The van der Waals surface area contributed by atoms with E-state index < -0.39 is 12.0 Å². The van der Waals surface area contributed by atoms with Crippen LogP contribution in [0.25, 0.3) is 6.08 Å². The molecule has 0 bridgehead atoms. The number of rotatable bonds is 11. The van der Waals surface area contributed by atoms with Crippen molar-refractivity contribution >= 4 is 39.3 Å². The first-order chi connectivity index (χ1) is 21.3. The Kier molecular flexibility index (Phi) is 10.0. The summed E-state index contributed by atoms with van der Waals surface area (Å²) in [5.74, 6) is 1.26. The van der Waals surface area contributed by atoms with E-state index in [2.05, 4.69) is 20.9 Å². The fourth-order valence-electron chi connectivity index (χ4n) is 4.97. The number of aromatic nitrogens is 1. The van der Waals surface area contributed by atoms with Crippen molar-refractivity contribution in [3.05, 3.63) is 119 Å². The predicted molar refractivity (Wildman–Crippen MR) is 174 cm³/mol. The van der Waals surface area contributed by atoms with Crippen molar-refractivity contribution < 1.29 is 23.7 Å². The average Bonchev–Trinajstić information content (AvgIpc) is 3.31. The van der Waals surface area contributed by atoms with Crippen LogP contribution in [-0.2, 0) is 16.1 Å². The highest BCUT2D eigenvalue weighted by atomic mass is 79.9. The van der Waals surface area contributed by atoms with Crippen molar-refractivity contribution in [3.8, 4) is 17.2 Å². The highest BCUT2D eigenvalue weighted by Gasteiger charge is 2.35. The maximum absolute atomic E-state index is 14.1. The van der Waals surface area contributed by atoms with Crippen LogP contribution in [0.1, 0.15) is 50.4 Å². The standard InChI is InChI=1S/C34H33BrN2O6S/c1-5-40-26-11-9-8-10-25(26)31-30(33(39)42-7-3)21(4)36-34-37(31)32(38)29(44-34)19-23-14-17-27(28(18-23)41-6-2)43-20-22-12-15-24(35)16-13-22/h8-19,31H,5-7,20H2,1-4H3/b29-19-/t31-/m1/s1. The molecule has 4 aromatic rings. The second-order valence-corrected chi connectivity index (χ2v) is 11.8. The summed E-state index contributed by atoms with van der Waals surface area (Å²) >= 11 is 4.72. The van der Waals surface area contributed by atoms with Crippen molar-refractivity contribution in [3.63, 3.8) is 0 Å². The molecular formula is C34H33BrN2O6S. The van der Waals surface area contributed by atoms with Crippen LogP contribution in [0.2, 0.25) is 0 Å².